The number of hydrogen-bond acceptors (Lipinski definition) is 5. The summed E-state index contributed by atoms with van der Waals surface area (Å²) in [5, 5.41) is 3.52. The van der Waals surface area contributed by atoms with E-state index in [9.17, 15) is 8.42 Å². The number of methoxy groups -OCH3 is 1. The van der Waals surface area contributed by atoms with E-state index in [1.807, 2.05) is 0 Å². The number of ether oxygens (including phenoxy) is 1. The molecule has 8 heteroatoms. The van der Waals surface area contributed by atoms with Crippen LogP contribution in [0.5, 0.6) is 5.75 Å². The average molecular weight is 443 g/mol. The maximum Gasteiger partial charge on any atom is 0.259 e. The largest absolute Gasteiger partial charge is 0.497 e. The average Bonchev–Trinajstić information content (AvgIpc) is 3.38. The highest BCUT2D eigenvalue weighted by molar-refractivity contribution is 7.89. The molecule has 3 aromatic rings. The summed E-state index contributed by atoms with van der Waals surface area (Å²) >= 11 is 0. The van der Waals surface area contributed by atoms with Crippen molar-refractivity contribution in [1.82, 2.24) is 19.6 Å². The van der Waals surface area contributed by atoms with Gasteiger partial charge in [0.25, 0.3) is 10.0 Å². The van der Waals surface area contributed by atoms with Gasteiger partial charge in [0.1, 0.15) is 5.75 Å². The van der Waals surface area contributed by atoms with E-state index in [1.54, 1.807) is 18.7 Å². The van der Waals surface area contributed by atoms with Crippen LogP contribution >= 0.6 is 0 Å². The SMILES string of the molecule is CNC1Cc2ccc(OC)cc2C1Cc1ccccc1.CNS(=O)(=O)c1cn(C)cn1. The minimum Gasteiger partial charge on any atom is -0.497 e. The molecule has 1 heterocycles. The van der Waals surface area contributed by atoms with E-state index < -0.39 is 10.0 Å². The molecular weight excluding hydrogens is 412 g/mol. The molecule has 4 rings (SSSR count). The molecule has 2 atom stereocenters. The lowest BCUT2D eigenvalue weighted by Gasteiger charge is -2.20. The Labute approximate surface area is 184 Å². The van der Waals surface area contributed by atoms with Crippen LogP contribution in [0.15, 0.2) is 66.1 Å². The van der Waals surface area contributed by atoms with Gasteiger partial charge in [-0.05, 0) is 55.8 Å². The van der Waals surface area contributed by atoms with E-state index in [0.29, 0.717) is 12.0 Å². The summed E-state index contributed by atoms with van der Waals surface area (Å²) < 4.78 is 31.2. The number of benzene rings is 2. The first-order valence-corrected chi connectivity index (χ1v) is 11.7. The molecule has 0 fully saturated rings. The second kappa shape index (κ2) is 10.1. The Morgan fingerprint density at radius 2 is 1.90 bits per heavy atom. The predicted octanol–water partition coefficient (Wildman–Crippen LogP) is 2.49. The van der Waals surface area contributed by atoms with Crippen molar-refractivity contribution in [3.8, 4) is 5.75 Å². The molecule has 0 spiro atoms. The molecule has 0 saturated heterocycles. The Balaban J connectivity index is 0.000000210. The molecule has 1 aliphatic rings. The van der Waals surface area contributed by atoms with Gasteiger partial charge in [-0.15, -0.1) is 0 Å². The minimum atomic E-state index is -3.36. The monoisotopic (exact) mass is 442 g/mol. The Hall–Kier alpha value is -2.68. The molecule has 1 aliphatic carbocycles. The molecule has 0 radical (unpaired) electrons. The van der Waals surface area contributed by atoms with Crippen LogP contribution < -0.4 is 14.8 Å². The zero-order valence-electron chi connectivity index (χ0n) is 18.4. The van der Waals surface area contributed by atoms with E-state index in [0.717, 1.165) is 18.6 Å². The van der Waals surface area contributed by atoms with Crippen molar-refractivity contribution in [2.75, 3.05) is 21.2 Å². The predicted molar refractivity (Wildman–Crippen MR) is 122 cm³/mol. The third kappa shape index (κ3) is 5.52. The number of aryl methyl sites for hydroxylation is 1. The second-order valence-electron chi connectivity index (χ2n) is 7.55. The molecule has 2 aromatic carbocycles. The maximum atomic E-state index is 11.0. The molecule has 0 aliphatic heterocycles. The normalized spacial score (nSPS) is 17.5. The number of hydrogen-bond donors (Lipinski definition) is 2. The van der Waals surface area contributed by atoms with Crippen LogP contribution in [0, 0.1) is 0 Å². The molecule has 7 nitrogen and oxygen atoms in total. The third-order valence-corrected chi connectivity index (χ3v) is 6.87. The Bertz CT molecular complexity index is 1100. The molecule has 2 N–H and O–H groups in total. The lowest BCUT2D eigenvalue weighted by atomic mass is 9.91. The summed E-state index contributed by atoms with van der Waals surface area (Å²) in [4.78, 5) is 3.67. The van der Waals surface area contributed by atoms with Crippen LogP contribution in [0.1, 0.15) is 22.6 Å². The van der Waals surface area contributed by atoms with Crippen molar-refractivity contribution >= 4 is 10.0 Å². The number of rotatable bonds is 6. The number of likely N-dealkylation sites (N-methyl/N-ethyl adjacent to an activating group) is 1. The van der Waals surface area contributed by atoms with Gasteiger partial charge in [0.15, 0.2) is 5.03 Å². The quantitative estimate of drug-likeness (QED) is 0.613. The third-order valence-electron chi connectivity index (χ3n) is 5.57. The Kier molecular flexibility index (Phi) is 7.48. The van der Waals surface area contributed by atoms with Gasteiger partial charge in [-0.2, -0.15) is 0 Å². The van der Waals surface area contributed by atoms with E-state index in [2.05, 4.69) is 70.6 Å². The smallest absolute Gasteiger partial charge is 0.259 e. The van der Waals surface area contributed by atoms with Gasteiger partial charge in [0.05, 0.1) is 13.4 Å². The van der Waals surface area contributed by atoms with Crippen molar-refractivity contribution in [2.45, 2.75) is 29.8 Å². The number of nitrogens with zero attached hydrogens (tertiary/aromatic N) is 2. The minimum absolute atomic E-state index is 0.0440. The van der Waals surface area contributed by atoms with Gasteiger partial charge < -0.3 is 14.6 Å². The highest BCUT2D eigenvalue weighted by Crippen LogP contribution is 2.37. The van der Waals surface area contributed by atoms with Gasteiger partial charge in [-0.25, -0.2) is 18.1 Å². The molecule has 0 saturated carbocycles. The molecule has 0 amide bonds. The van der Waals surface area contributed by atoms with Crippen molar-refractivity contribution in [3.63, 3.8) is 0 Å². The fourth-order valence-corrected chi connectivity index (χ4v) is 4.58. The number of fused-ring (bicyclic) bond motifs is 1. The van der Waals surface area contributed by atoms with Crippen LogP contribution in [-0.2, 0) is 29.9 Å². The van der Waals surface area contributed by atoms with Gasteiger partial charge in [-0.1, -0.05) is 36.4 Å². The van der Waals surface area contributed by atoms with Crippen molar-refractivity contribution < 1.29 is 13.2 Å². The van der Waals surface area contributed by atoms with E-state index in [4.69, 9.17) is 4.74 Å². The summed E-state index contributed by atoms with van der Waals surface area (Å²) in [5.74, 6) is 1.48. The van der Waals surface area contributed by atoms with Gasteiger partial charge in [0.2, 0.25) is 0 Å². The Morgan fingerprint density at radius 3 is 2.48 bits per heavy atom. The lowest BCUT2D eigenvalue weighted by molar-refractivity contribution is 0.413. The van der Waals surface area contributed by atoms with Crippen LogP contribution in [-0.4, -0.2) is 45.2 Å². The van der Waals surface area contributed by atoms with Crippen LogP contribution in [0.25, 0.3) is 0 Å². The first kappa shape index (κ1) is 23.0. The second-order valence-corrected chi connectivity index (χ2v) is 9.38. The fourth-order valence-electron chi connectivity index (χ4n) is 3.88. The van der Waals surface area contributed by atoms with E-state index >= 15 is 0 Å². The van der Waals surface area contributed by atoms with Crippen molar-refractivity contribution in [3.05, 3.63) is 77.7 Å². The van der Waals surface area contributed by atoms with Crippen LogP contribution in [0.2, 0.25) is 0 Å². The summed E-state index contributed by atoms with van der Waals surface area (Å²) in [6.07, 6.45) is 5.05. The number of sulfonamides is 1. The van der Waals surface area contributed by atoms with Gasteiger partial charge >= 0.3 is 0 Å². The zero-order valence-corrected chi connectivity index (χ0v) is 19.2. The zero-order chi connectivity index (χ0) is 22.4. The summed E-state index contributed by atoms with van der Waals surface area (Å²) in [7, 11) is 3.50. The summed E-state index contributed by atoms with van der Waals surface area (Å²) in [6.45, 7) is 0. The topological polar surface area (TPSA) is 85.3 Å². The van der Waals surface area contributed by atoms with Gasteiger partial charge in [-0.3, -0.25) is 0 Å². The lowest BCUT2D eigenvalue weighted by Crippen LogP contribution is -2.30. The molecule has 1 aromatic heterocycles. The molecule has 0 bridgehead atoms. The highest BCUT2D eigenvalue weighted by Gasteiger charge is 2.31. The highest BCUT2D eigenvalue weighted by atomic mass is 32.2. The van der Waals surface area contributed by atoms with Crippen molar-refractivity contribution in [1.29, 1.82) is 0 Å². The van der Waals surface area contributed by atoms with Gasteiger partial charge in [0, 0.05) is 25.2 Å². The number of imidazole rings is 1. The first-order chi connectivity index (χ1) is 14.9. The number of nitrogens with one attached hydrogen (secondary N) is 2. The maximum absolute atomic E-state index is 11.0. The molecular formula is C23H30N4O3S. The first-order valence-electron chi connectivity index (χ1n) is 10.2. The molecule has 2 unspecified atom stereocenters. The van der Waals surface area contributed by atoms with Crippen LogP contribution in [0.4, 0.5) is 0 Å². The van der Waals surface area contributed by atoms with E-state index in [1.165, 1.54) is 36.3 Å². The Morgan fingerprint density at radius 1 is 1.16 bits per heavy atom. The molecule has 166 valence electrons. The summed E-state index contributed by atoms with van der Waals surface area (Å²) in [5.41, 5.74) is 4.28. The number of aromatic nitrogens is 2. The van der Waals surface area contributed by atoms with Crippen LogP contribution in [0.3, 0.4) is 0 Å². The molecule has 31 heavy (non-hydrogen) atoms. The van der Waals surface area contributed by atoms with E-state index in [-0.39, 0.29) is 5.03 Å². The standard InChI is InChI=1S/C18H21NO.C5H9N3O2S/c1-19-18-11-14-8-9-15(20-2)12-16(14)17(18)10-13-6-4-3-5-7-13;1-6-11(9,10)5-3-8(2)4-7-5/h3-9,12,17-19H,10-11H2,1-2H3;3-4,6H,1-2H3. The summed E-state index contributed by atoms with van der Waals surface area (Å²) in [6, 6.07) is 17.7. The van der Waals surface area contributed by atoms with Crippen molar-refractivity contribution in [2.24, 2.45) is 7.05 Å². The fraction of sp³-hybridized carbons (Fsp3) is 0.348.